The lowest BCUT2D eigenvalue weighted by molar-refractivity contribution is 0.310. The van der Waals surface area contributed by atoms with E-state index in [1.807, 2.05) is 11.8 Å². The molecule has 1 aliphatic rings. The number of nitrogens with two attached hydrogens (primary N) is 1. The molecule has 3 atom stereocenters. The lowest BCUT2D eigenvalue weighted by Crippen LogP contribution is -2.18. The van der Waals surface area contributed by atoms with Crippen molar-refractivity contribution in [2.45, 2.75) is 44.4 Å². The van der Waals surface area contributed by atoms with E-state index in [0.29, 0.717) is 17.1 Å². The average Bonchev–Trinajstić information content (AvgIpc) is 2.96. The standard InChI is InChI=1S/C11H19N3OS/c1-3-7(2)9(12)11-13-10(14-15-11)8-5-4-6-16-8/h7-9H,3-6,12H2,1-2H3/t7?,8?,9-/m0/s1. The van der Waals surface area contributed by atoms with Crippen LogP contribution in [0.25, 0.3) is 0 Å². The Kier molecular flexibility index (Phi) is 3.86. The van der Waals surface area contributed by atoms with Crippen molar-refractivity contribution in [2.24, 2.45) is 11.7 Å². The zero-order valence-corrected chi connectivity index (χ0v) is 10.7. The summed E-state index contributed by atoms with van der Waals surface area (Å²) in [7, 11) is 0. The van der Waals surface area contributed by atoms with Gasteiger partial charge in [-0.15, -0.1) is 0 Å². The molecule has 5 heteroatoms. The number of hydrogen-bond donors (Lipinski definition) is 1. The first-order valence-electron chi connectivity index (χ1n) is 5.93. The summed E-state index contributed by atoms with van der Waals surface area (Å²) in [5.41, 5.74) is 6.06. The minimum atomic E-state index is -0.127. The molecule has 2 N–H and O–H groups in total. The van der Waals surface area contributed by atoms with Crippen LogP contribution in [0.4, 0.5) is 0 Å². The van der Waals surface area contributed by atoms with Gasteiger partial charge in [0.15, 0.2) is 5.82 Å². The maximum Gasteiger partial charge on any atom is 0.243 e. The number of nitrogens with zero attached hydrogens (tertiary/aromatic N) is 2. The SMILES string of the molecule is CCC(C)[C@H](N)c1nc(C2CCCS2)no1. The molecule has 0 bridgehead atoms. The van der Waals surface area contributed by atoms with Crippen molar-refractivity contribution in [3.8, 4) is 0 Å². The van der Waals surface area contributed by atoms with Crippen molar-refractivity contribution in [2.75, 3.05) is 5.75 Å². The van der Waals surface area contributed by atoms with Gasteiger partial charge >= 0.3 is 0 Å². The molecule has 0 aliphatic carbocycles. The molecule has 2 heterocycles. The molecular formula is C11H19N3OS. The third kappa shape index (κ3) is 2.40. The van der Waals surface area contributed by atoms with Gasteiger partial charge in [0.25, 0.3) is 0 Å². The highest BCUT2D eigenvalue weighted by molar-refractivity contribution is 7.99. The molecule has 2 rings (SSSR count). The first kappa shape index (κ1) is 11.9. The molecule has 0 saturated carbocycles. The first-order chi connectivity index (χ1) is 7.72. The summed E-state index contributed by atoms with van der Waals surface area (Å²) in [5, 5.41) is 4.47. The second-order valence-electron chi connectivity index (χ2n) is 4.40. The number of hydrogen-bond acceptors (Lipinski definition) is 5. The van der Waals surface area contributed by atoms with Crippen molar-refractivity contribution in [1.82, 2.24) is 10.1 Å². The molecular weight excluding hydrogens is 222 g/mol. The summed E-state index contributed by atoms with van der Waals surface area (Å²) < 4.78 is 5.26. The Bertz CT molecular complexity index is 336. The van der Waals surface area contributed by atoms with E-state index in [1.54, 1.807) is 0 Å². The van der Waals surface area contributed by atoms with Gasteiger partial charge in [0.2, 0.25) is 5.89 Å². The van der Waals surface area contributed by atoms with Gasteiger partial charge in [-0.1, -0.05) is 25.4 Å². The zero-order chi connectivity index (χ0) is 11.5. The monoisotopic (exact) mass is 241 g/mol. The van der Waals surface area contributed by atoms with E-state index < -0.39 is 0 Å². The number of thioether (sulfide) groups is 1. The highest BCUT2D eigenvalue weighted by atomic mass is 32.2. The largest absolute Gasteiger partial charge is 0.338 e. The summed E-state index contributed by atoms with van der Waals surface area (Å²) in [4.78, 5) is 4.44. The van der Waals surface area contributed by atoms with Gasteiger partial charge in [0, 0.05) is 0 Å². The fraction of sp³-hybridized carbons (Fsp3) is 0.818. The van der Waals surface area contributed by atoms with Gasteiger partial charge in [-0.05, 0) is 24.5 Å². The summed E-state index contributed by atoms with van der Waals surface area (Å²) in [5.74, 6) is 3.00. The lowest BCUT2D eigenvalue weighted by Gasteiger charge is -2.13. The topological polar surface area (TPSA) is 64.9 Å². The minimum absolute atomic E-state index is 0.127. The second kappa shape index (κ2) is 5.19. The van der Waals surface area contributed by atoms with E-state index >= 15 is 0 Å². The van der Waals surface area contributed by atoms with E-state index in [1.165, 1.54) is 12.2 Å². The van der Waals surface area contributed by atoms with Gasteiger partial charge in [-0.2, -0.15) is 16.7 Å². The number of aromatic nitrogens is 2. The van der Waals surface area contributed by atoms with Crippen molar-refractivity contribution in [3.05, 3.63) is 11.7 Å². The van der Waals surface area contributed by atoms with Crippen LogP contribution in [0.3, 0.4) is 0 Å². The van der Waals surface area contributed by atoms with Crippen LogP contribution in [0.2, 0.25) is 0 Å². The van der Waals surface area contributed by atoms with E-state index in [2.05, 4.69) is 24.0 Å². The Morgan fingerprint density at radius 1 is 1.62 bits per heavy atom. The Hall–Kier alpha value is -0.550. The average molecular weight is 241 g/mol. The molecule has 1 aromatic rings. The third-order valence-electron chi connectivity index (χ3n) is 3.22. The number of rotatable bonds is 4. The minimum Gasteiger partial charge on any atom is -0.338 e. The molecule has 0 spiro atoms. The van der Waals surface area contributed by atoms with Gasteiger partial charge in [-0.3, -0.25) is 0 Å². The van der Waals surface area contributed by atoms with Crippen molar-refractivity contribution in [3.63, 3.8) is 0 Å². The van der Waals surface area contributed by atoms with E-state index in [4.69, 9.17) is 10.3 Å². The summed E-state index contributed by atoms with van der Waals surface area (Å²) in [6.45, 7) is 4.23. The predicted molar refractivity (Wildman–Crippen MR) is 65.1 cm³/mol. The molecule has 1 saturated heterocycles. The molecule has 0 amide bonds. The molecule has 1 fully saturated rings. The highest BCUT2D eigenvalue weighted by Crippen LogP contribution is 2.38. The Morgan fingerprint density at radius 2 is 2.44 bits per heavy atom. The van der Waals surface area contributed by atoms with Crippen LogP contribution in [0.5, 0.6) is 0 Å². The van der Waals surface area contributed by atoms with Crippen LogP contribution in [0.15, 0.2) is 4.52 Å². The van der Waals surface area contributed by atoms with E-state index in [-0.39, 0.29) is 6.04 Å². The van der Waals surface area contributed by atoms with Crippen molar-refractivity contribution in [1.29, 1.82) is 0 Å². The van der Waals surface area contributed by atoms with Crippen LogP contribution in [-0.2, 0) is 0 Å². The van der Waals surface area contributed by atoms with E-state index in [0.717, 1.165) is 18.7 Å². The second-order valence-corrected chi connectivity index (χ2v) is 5.71. The molecule has 16 heavy (non-hydrogen) atoms. The van der Waals surface area contributed by atoms with Crippen LogP contribution < -0.4 is 5.73 Å². The predicted octanol–water partition coefficient (Wildman–Crippen LogP) is 2.68. The quantitative estimate of drug-likeness (QED) is 0.878. The van der Waals surface area contributed by atoms with Gasteiger partial charge in [0.05, 0.1) is 11.3 Å². The maximum absolute atomic E-state index is 6.06. The van der Waals surface area contributed by atoms with Crippen LogP contribution >= 0.6 is 11.8 Å². The fourth-order valence-corrected chi connectivity index (χ4v) is 2.99. The van der Waals surface area contributed by atoms with Gasteiger partial charge in [-0.25, -0.2) is 0 Å². The smallest absolute Gasteiger partial charge is 0.243 e. The molecule has 0 aromatic carbocycles. The molecule has 0 radical (unpaired) electrons. The Morgan fingerprint density at radius 3 is 3.06 bits per heavy atom. The summed E-state index contributed by atoms with van der Waals surface area (Å²) in [6, 6.07) is -0.127. The molecule has 2 unspecified atom stereocenters. The molecule has 1 aliphatic heterocycles. The Balaban J connectivity index is 2.06. The summed E-state index contributed by atoms with van der Waals surface area (Å²) >= 11 is 1.91. The van der Waals surface area contributed by atoms with Crippen LogP contribution in [0, 0.1) is 5.92 Å². The van der Waals surface area contributed by atoms with Crippen molar-refractivity contribution < 1.29 is 4.52 Å². The zero-order valence-electron chi connectivity index (χ0n) is 9.85. The van der Waals surface area contributed by atoms with E-state index in [9.17, 15) is 0 Å². The molecule has 90 valence electrons. The Labute approximate surface area is 100 Å². The lowest BCUT2D eigenvalue weighted by atomic mass is 10.0. The van der Waals surface area contributed by atoms with Crippen LogP contribution in [-0.4, -0.2) is 15.9 Å². The summed E-state index contributed by atoms with van der Waals surface area (Å²) in [6.07, 6.45) is 3.43. The van der Waals surface area contributed by atoms with Gasteiger partial charge in [0.1, 0.15) is 0 Å². The third-order valence-corrected chi connectivity index (χ3v) is 4.59. The van der Waals surface area contributed by atoms with Crippen molar-refractivity contribution >= 4 is 11.8 Å². The fourth-order valence-electron chi connectivity index (χ4n) is 1.79. The van der Waals surface area contributed by atoms with Gasteiger partial charge < -0.3 is 10.3 Å². The highest BCUT2D eigenvalue weighted by Gasteiger charge is 2.25. The van der Waals surface area contributed by atoms with Crippen LogP contribution in [0.1, 0.15) is 56.1 Å². The normalized spacial score (nSPS) is 24.6. The molecule has 1 aromatic heterocycles. The molecule has 4 nitrogen and oxygen atoms in total. The maximum atomic E-state index is 6.06. The first-order valence-corrected chi connectivity index (χ1v) is 6.98.